The zero-order chi connectivity index (χ0) is 18.2. The summed E-state index contributed by atoms with van der Waals surface area (Å²) in [6, 6.07) is 7.23. The Bertz CT molecular complexity index is 620. The Labute approximate surface area is 148 Å². The minimum atomic E-state index is -1.21. The van der Waals surface area contributed by atoms with Crippen molar-refractivity contribution in [3.8, 4) is 5.75 Å². The van der Waals surface area contributed by atoms with Crippen molar-refractivity contribution in [3.05, 3.63) is 29.8 Å². The average Bonchev–Trinajstić information content (AvgIpc) is 2.99. The van der Waals surface area contributed by atoms with Crippen LogP contribution in [-0.2, 0) is 20.8 Å². The summed E-state index contributed by atoms with van der Waals surface area (Å²) in [4.78, 5) is 14.2. The van der Waals surface area contributed by atoms with Crippen LogP contribution in [0.3, 0.4) is 0 Å². The fourth-order valence-electron chi connectivity index (χ4n) is 3.61. The number of nitrogens with zero attached hydrogens (tertiary/aromatic N) is 1. The number of carbonyl (C=O) groups excluding carboxylic acids is 1. The van der Waals surface area contributed by atoms with Crippen molar-refractivity contribution in [2.45, 2.75) is 57.8 Å². The normalized spacial score (nSPS) is 33.2. The highest BCUT2D eigenvalue weighted by molar-refractivity contribution is 5.87. The number of carbonyl (C=O) groups is 1. The van der Waals surface area contributed by atoms with Crippen molar-refractivity contribution >= 4 is 5.91 Å². The number of benzene rings is 1. The predicted molar refractivity (Wildman–Crippen MR) is 90.9 cm³/mol. The first kappa shape index (κ1) is 18.1. The van der Waals surface area contributed by atoms with Crippen LogP contribution in [0.2, 0.25) is 0 Å². The van der Waals surface area contributed by atoms with Gasteiger partial charge in [0.25, 0.3) is 0 Å². The molecule has 2 fully saturated rings. The van der Waals surface area contributed by atoms with Crippen LogP contribution in [0.4, 0.5) is 4.39 Å². The summed E-state index contributed by atoms with van der Waals surface area (Å²) in [7, 11) is 1.61. The second-order valence-electron chi connectivity index (χ2n) is 6.96. The van der Waals surface area contributed by atoms with E-state index in [4.69, 9.17) is 14.2 Å². The number of hydrogen-bond acceptors (Lipinski definition) is 4. The predicted octanol–water partition coefficient (Wildman–Crippen LogP) is 2.92. The number of ether oxygens (including phenoxy) is 3. The third-order valence-corrected chi connectivity index (χ3v) is 5.28. The Morgan fingerprint density at radius 1 is 1.40 bits per heavy atom. The molecule has 0 N–H and O–H groups in total. The van der Waals surface area contributed by atoms with Gasteiger partial charge in [-0.3, -0.25) is 4.79 Å². The van der Waals surface area contributed by atoms with Crippen LogP contribution in [0.15, 0.2) is 24.3 Å². The molecule has 0 aliphatic carbocycles. The van der Waals surface area contributed by atoms with Gasteiger partial charge in [-0.05, 0) is 38.0 Å². The maximum absolute atomic E-state index is 14.0. The number of rotatable bonds is 6. The number of methoxy groups -OCH3 is 1. The Morgan fingerprint density at radius 2 is 2.08 bits per heavy atom. The van der Waals surface area contributed by atoms with Crippen molar-refractivity contribution in [1.82, 2.24) is 4.90 Å². The Kier molecular flexibility index (Phi) is 5.02. The molecule has 6 heteroatoms. The van der Waals surface area contributed by atoms with E-state index in [1.54, 1.807) is 12.0 Å². The number of β-lactam (4-membered cyclic amide) rings is 1. The molecule has 0 saturated carbocycles. The molecule has 2 heterocycles. The lowest BCUT2D eigenvalue weighted by atomic mass is 9.80. The minimum absolute atomic E-state index is 0.162. The van der Waals surface area contributed by atoms with Gasteiger partial charge in [-0.25, -0.2) is 4.39 Å². The largest absolute Gasteiger partial charge is 0.497 e. The van der Waals surface area contributed by atoms with Gasteiger partial charge in [0.15, 0.2) is 5.79 Å². The second-order valence-corrected chi connectivity index (χ2v) is 6.96. The fraction of sp³-hybridized carbons (Fsp3) is 0.632. The minimum Gasteiger partial charge on any atom is -0.497 e. The van der Waals surface area contributed by atoms with Crippen LogP contribution >= 0.6 is 0 Å². The van der Waals surface area contributed by atoms with Gasteiger partial charge >= 0.3 is 0 Å². The number of halogens is 1. The van der Waals surface area contributed by atoms with E-state index in [0.29, 0.717) is 19.6 Å². The molecule has 1 amide bonds. The van der Waals surface area contributed by atoms with Gasteiger partial charge in [0, 0.05) is 6.54 Å². The first-order valence-corrected chi connectivity index (χ1v) is 8.78. The lowest BCUT2D eigenvalue weighted by Gasteiger charge is -2.50. The van der Waals surface area contributed by atoms with Gasteiger partial charge in [0.05, 0.1) is 25.7 Å². The van der Waals surface area contributed by atoms with Crippen LogP contribution in [0, 0.1) is 5.92 Å². The number of hydrogen-bond donors (Lipinski definition) is 0. The molecule has 1 aromatic carbocycles. The molecule has 0 radical (unpaired) electrons. The van der Waals surface area contributed by atoms with Crippen molar-refractivity contribution in [3.63, 3.8) is 0 Å². The molecule has 0 aromatic heterocycles. The number of amides is 1. The topological polar surface area (TPSA) is 48.0 Å². The molecule has 5 atom stereocenters. The molecule has 25 heavy (non-hydrogen) atoms. The lowest BCUT2D eigenvalue weighted by molar-refractivity contribution is -0.190. The Hall–Kier alpha value is -1.66. The molecular formula is C19H26FNO4. The van der Waals surface area contributed by atoms with Gasteiger partial charge in [0.2, 0.25) is 5.91 Å². The first-order valence-electron chi connectivity index (χ1n) is 8.78. The highest BCUT2D eigenvalue weighted by atomic mass is 19.1. The Morgan fingerprint density at radius 3 is 2.60 bits per heavy atom. The maximum Gasteiger partial charge on any atom is 0.231 e. The zero-order valence-corrected chi connectivity index (χ0v) is 15.2. The summed E-state index contributed by atoms with van der Waals surface area (Å²) in [5.41, 5.74) is 0.973. The van der Waals surface area contributed by atoms with Crippen molar-refractivity contribution in [2.75, 3.05) is 13.7 Å². The monoisotopic (exact) mass is 351 g/mol. The third-order valence-electron chi connectivity index (χ3n) is 5.28. The first-order chi connectivity index (χ1) is 11.9. The van der Waals surface area contributed by atoms with Crippen LogP contribution in [-0.4, -0.2) is 48.6 Å². The third kappa shape index (κ3) is 3.37. The van der Waals surface area contributed by atoms with E-state index in [9.17, 15) is 9.18 Å². The molecule has 2 saturated heterocycles. The highest BCUT2D eigenvalue weighted by Crippen LogP contribution is 2.40. The maximum atomic E-state index is 14.0. The molecular weight excluding hydrogens is 325 g/mol. The van der Waals surface area contributed by atoms with Crippen LogP contribution in [0.5, 0.6) is 5.75 Å². The van der Waals surface area contributed by atoms with E-state index >= 15 is 0 Å². The van der Waals surface area contributed by atoms with Gasteiger partial charge in [-0.15, -0.1) is 0 Å². The summed E-state index contributed by atoms with van der Waals surface area (Å²) in [5, 5.41) is 0. The van der Waals surface area contributed by atoms with Crippen LogP contribution in [0.1, 0.15) is 32.8 Å². The molecule has 2 aliphatic rings. The van der Waals surface area contributed by atoms with E-state index < -0.39 is 17.9 Å². The standard InChI is InChI=1S/C19H26FNO4/c1-5-19(3)24-11-15(25-19)17-16(12(2)20)18(22)21(17)10-13-6-8-14(23-4)9-7-13/h6-9,12,15-17H,5,10-11H2,1-4H3/t12-,15-,16-,17-,19?/m1/s1. The molecule has 1 aromatic rings. The summed E-state index contributed by atoms with van der Waals surface area (Å²) < 4.78 is 31.0. The molecule has 0 bridgehead atoms. The van der Waals surface area contributed by atoms with E-state index in [2.05, 4.69) is 0 Å². The fourth-order valence-corrected chi connectivity index (χ4v) is 3.61. The van der Waals surface area contributed by atoms with E-state index in [1.165, 1.54) is 6.92 Å². The molecule has 5 nitrogen and oxygen atoms in total. The zero-order valence-electron chi connectivity index (χ0n) is 15.2. The van der Waals surface area contributed by atoms with Gasteiger partial charge in [-0.1, -0.05) is 19.1 Å². The molecule has 3 rings (SSSR count). The van der Waals surface area contributed by atoms with E-state index in [-0.39, 0.29) is 18.1 Å². The van der Waals surface area contributed by atoms with Crippen molar-refractivity contribution < 1.29 is 23.4 Å². The average molecular weight is 351 g/mol. The molecule has 2 aliphatic heterocycles. The highest BCUT2D eigenvalue weighted by Gasteiger charge is 2.56. The van der Waals surface area contributed by atoms with Crippen LogP contribution in [0.25, 0.3) is 0 Å². The van der Waals surface area contributed by atoms with Crippen LogP contribution < -0.4 is 4.74 Å². The van der Waals surface area contributed by atoms with Crippen molar-refractivity contribution in [1.29, 1.82) is 0 Å². The van der Waals surface area contributed by atoms with Crippen molar-refractivity contribution in [2.24, 2.45) is 5.92 Å². The van der Waals surface area contributed by atoms with Gasteiger partial charge in [-0.2, -0.15) is 0 Å². The smallest absolute Gasteiger partial charge is 0.231 e. The van der Waals surface area contributed by atoms with Gasteiger partial charge < -0.3 is 19.1 Å². The quantitative estimate of drug-likeness (QED) is 0.740. The summed E-state index contributed by atoms with van der Waals surface area (Å²) >= 11 is 0. The number of likely N-dealkylation sites (tertiary alicyclic amines) is 1. The van der Waals surface area contributed by atoms with Gasteiger partial charge in [0.1, 0.15) is 18.0 Å². The number of alkyl halides is 1. The summed E-state index contributed by atoms with van der Waals surface area (Å²) in [6.07, 6.45) is -0.802. The molecule has 0 spiro atoms. The summed E-state index contributed by atoms with van der Waals surface area (Å²) in [6.45, 7) is 6.12. The lowest BCUT2D eigenvalue weighted by Crippen LogP contribution is -2.67. The van der Waals surface area contributed by atoms with E-state index in [0.717, 1.165) is 11.3 Å². The summed E-state index contributed by atoms with van der Waals surface area (Å²) in [5.74, 6) is -0.716. The molecule has 1 unspecified atom stereocenters. The Balaban J connectivity index is 1.76. The SMILES string of the molecule is CCC1(C)OC[C@H]([C@@H]2[C@@H]([C@@H](C)F)C(=O)N2Cc2ccc(OC)cc2)O1. The second kappa shape index (κ2) is 6.92. The molecule has 138 valence electrons. The van der Waals surface area contributed by atoms with E-state index in [1.807, 2.05) is 38.1 Å².